The third kappa shape index (κ3) is 6.15. The molecule has 0 radical (unpaired) electrons. The van der Waals surface area contributed by atoms with Crippen molar-refractivity contribution >= 4 is 11.9 Å². The number of alkyl halides is 3. The van der Waals surface area contributed by atoms with Gasteiger partial charge in [0.15, 0.2) is 0 Å². The highest BCUT2D eigenvalue weighted by Crippen LogP contribution is 2.34. The summed E-state index contributed by atoms with van der Waals surface area (Å²) in [5.41, 5.74) is -0.443. The van der Waals surface area contributed by atoms with Crippen LogP contribution in [0.4, 0.5) is 18.0 Å². The van der Waals surface area contributed by atoms with Gasteiger partial charge in [-0.25, -0.2) is 4.79 Å². The number of likely N-dealkylation sites (tertiary alicyclic amines) is 1. The van der Waals surface area contributed by atoms with Gasteiger partial charge in [0.1, 0.15) is 0 Å². The highest BCUT2D eigenvalue weighted by atomic mass is 19.4. The Kier molecular flexibility index (Phi) is 7.37. The standard InChI is InChI=1S/C23H32F3N3O3/c1-22(2,3)20(30)27-13-16-12-18(17-4-6-19(7-5-17)23(24,25)26)15-29(14-16)21(31)28-8-10-32-11-9-28/h4-7,16,18H,8-15H2,1-3H3,(H,27,30). The van der Waals surface area contributed by atoms with Crippen LogP contribution < -0.4 is 5.32 Å². The second-order valence-electron chi connectivity index (χ2n) is 9.67. The van der Waals surface area contributed by atoms with E-state index in [1.54, 1.807) is 9.80 Å². The van der Waals surface area contributed by atoms with Gasteiger partial charge < -0.3 is 19.9 Å². The summed E-state index contributed by atoms with van der Waals surface area (Å²) >= 11 is 0. The number of rotatable bonds is 3. The van der Waals surface area contributed by atoms with Gasteiger partial charge in [-0.05, 0) is 30.0 Å². The van der Waals surface area contributed by atoms with Gasteiger partial charge in [-0.2, -0.15) is 13.2 Å². The monoisotopic (exact) mass is 455 g/mol. The molecular formula is C23H32F3N3O3. The van der Waals surface area contributed by atoms with Crippen molar-refractivity contribution < 1.29 is 27.5 Å². The molecule has 32 heavy (non-hydrogen) atoms. The zero-order valence-electron chi connectivity index (χ0n) is 18.9. The van der Waals surface area contributed by atoms with Gasteiger partial charge in [0.2, 0.25) is 5.91 Å². The summed E-state index contributed by atoms with van der Waals surface area (Å²) in [7, 11) is 0. The molecule has 2 saturated heterocycles. The normalized spacial score (nSPS) is 22.6. The molecule has 0 aromatic heterocycles. The number of morpholine rings is 1. The Morgan fingerprint density at radius 2 is 1.66 bits per heavy atom. The van der Waals surface area contributed by atoms with Crippen LogP contribution in [0, 0.1) is 11.3 Å². The highest BCUT2D eigenvalue weighted by molar-refractivity contribution is 5.81. The summed E-state index contributed by atoms with van der Waals surface area (Å²) in [4.78, 5) is 29.0. The van der Waals surface area contributed by atoms with Crippen molar-refractivity contribution in [3.63, 3.8) is 0 Å². The number of nitrogens with zero attached hydrogens (tertiary/aromatic N) is 2. The van der Waals surface area contributed by atoms with Gasteiger partial charge in [-0.3, -0.25) is 4.79 Å². The molecule has 1 aromatic carbocycles. The molecule has 2 heterocycles. The maximum atomic E-state index is 13.1. The van der Waals surface area contributed by atoms with Crippen molar-refractivity contribution in [2.24, 2.45) is 11.3 Å². The smallest absolute Gasteiger partial charge is 0.378 e. The first kappa shape index (κ1) is 24.4. The van der Waals surface area contributed by atoms with Crippen LogP contribution in [0.15, 0.2) is 24.3 Å². The van der Waals surface area contributed by atoms with Crippen molar-refractivity contribution in [2.75, 3.05) is 45.9 Å². The fraction of sp³-hybridized carbons (Fsp3) is 0.652. The first-order chi connectivity index (χ1) is 14.9. The van der Waals surface area contributed by atoms with Crippen molar-refractivity contribution in [3.05, 3.63) is 35.4 Å². The number of halogens is 3. The molecule has 3 rings (SSSR count). The molecule has 0 spiro atoms. The molecule has 2 aliphatic rings. The van der Waals surface area contributed by atoms with Crippen molar-refractivity contribution in [2.45, 2.75) is 39.3 Å². The Morgan fingerprint density at radius 1 is 1.03 bits per heavy atom. The predicted molar refractivity (Wildman–Crippen MR) is 114 cm³/mol. The van der Waals surface area contributed by atoms with E-state index in [-0.39, 0.29) is 23.8 Å². The number of nitrogens with one attached hydrogen (secondary N) is 1. The Balaban J connectivity index is 1.76. The third-order valence-corrected chi connectivity index (χ3v) is 6.03. The number of piperidine rings is 1. The fourth-order valence-corrected chi connectivity index (χ4v) is 4.15. The SMILES string of the molecule is CC(C)(C)C(=O)NCC1CC(c2ccc(C(F)(F)F)cc2)CN(C(=O)N2CCOCC2)C1. The third-order valence-electron chi connectivity index (χ3n) is 6.03. The number of carbonyl (C=O) groups is 2. The minimum atomic E-state index is -4.39. The molecule has 0 bridgehead atoms. The number of benzene rings is 1. The van der Waals surface area contributed by atoms with E-state index in [1.165, 1.54) is 12.1 Å². The lowest BCUT2D eigenvalue weighted by molar-refractivity contribution is -0.137. The van der Waals surface area contributed by atoms with Crippen LogP contribution in [-0.2, 0) is 15.7 Å². The lowest BCUT2D eigenvalue weighted by atomic mass is 9.84. The molecular weight excluding hydrogens is 423 g/mol. The van der Waals surface area contributed by atoms with Crippen molar-refractivity contribution in [3.8, 4) is 0 Å². The summed E-state index contributed by atoms with van der Waals surface area (Å²) < 4.78 is 44.2. The van der Waals surface area contributed by atoms with Crippen molar-refractivity contribution in [1.82, 2.24) is 15.1 Å². The van der Waals surface area contributed by atoms with Gasteiger partial charge >= 0.3 is 12.2 Å². The van der Waals surface area contributed by atoms with Crippen LogP contribution >= 0.6 is 0 Å². The second kappa shape index (κ2) is 9.68. The molecule has 1 aromatic rings. The zero-order valence-corrected chi connectivity index (χ0v) is 18.9. The van der Waals surface area contributed by atoms with E-state index < -0.39 is 17.2 Å². The van der Waals surface area contributed by atoms with E-state index in [1.807, 2.05) is 20.8 Å². The van der Waals surface area contributed by atoms with E-state index in [0.717, 1.165) is 17.7 Å². The highest BCUT2D eigenvalue weighted by Gasteiger charge is 2.35. The predicted octanol–water partition coefficient (Wildman–Crippen LogP) is 3.73. The molecule has 3 amide bonds. The Bertz CT molecular complexity index is 799. The second-order valence-corrected chi connectivity index (χ2v) is 9.67. The van der Waals surface area contributed by atoms with E-state index in [4.69, 9.17) is 4.74 Å². The average Bonchev–Trinajstić information content (AvgIpc) is 2.76. The summed E-state index contributed by atoms with van der Waals surface area (Å²) in [6.07, 6.45) is -3.70. The van der Waals surface area contributed by atoms with Crippen molar-refractivity contribution in [1.29, 1.82) is 0 Å². The summed E-state index contributed by atoms with van der Waals surface area (Å²) in [6, 6.07) is 5.10. The van der Waals surface area contributed by atoms with Gasteiger partial charge in [0.05, 0.1) is 18.8 Å². The molecule has 178 valence electrons. The average molecular weight is 456 g/mol. The largest absolute Gasteiger partial charge is 0.416 e. The van der Waals surface area contributed by atoms with E-state index >= 15 is 0 Å². The van der Waals surface area contributed by atoms with Crippen LogP contribution in [-0.4, -0.2) is 67.7 Å². The number of carbonyl (C=O) groups excluding carboxylic acids is 2. The van der Waals surface area contributed by atoms with Gasteiger partial charge in [-0.15, -0.1) is 0 Å². The minimum Gasteiger partial charge on any atom is -0.378 e. The van der Waals surface area contributed by atoms with Gasteiger partial charge in [0, 0.05) is 44.1 Å². The summed E-state index contributed by atoms with van der Waals surface area (Å²) in [6.45, 7) is 8.88. The maximum Gasteiger partial charge on any atom is 0.416 e. The lowest BCUT2D eigenvalue weighted by Crippen LogP contribution is -2.53. The Hall–Kier alpha value is -2.29. The molecule has 2 fully saturated rings. The quantitative estimate of drug-likeness (QED) is 0.756. The molecule has 2 aliphatic heterocycles. The molecule has 1 N–H and O–H groups in total. The summed E-state index contributed by atoms with van der Waals surface area (Å²) in [5.74, 6) is -0.167. The molecule has 2 atom stereocenters. The number of ether oxygens (including phenoxy) is 1. The minimum absolute atomic E-state index is 0.00679. The fourth-order valence-electron chi connectivity index (χ4n) is 4.15. The molecule has 9 heteroatoms. The van der Waals surface area contributed by atoms with Gasteiger partial charge in [-0.1, -0.05) is 32.9 Å². The molecule has 6 nitrogen and oxygen atoms in total. The number of amides is 3. The number of hydrogen-bond acceptors (Lipinski definition) is 3. The Labute approximate surface area is 187 Å². The first-order valence-corrected chi connectivity index (χ1v) is 11.0. The van der Waals surface area contributed by atoms with Crippen LogP contribution in [0.5, 0.6) is 0 Å². The molecule has 0 aliphatic carbocycles. The number of hydrogen-bond donors (Lipinski definition) is 1. The Morgan fingerprint density at radius 3 is 2.22 bits per heavy atom. The van der Waals surface area contributed by atoms with E-state index in [2.05, 4.69) is 5.32 Å². The van der Waals surface area contributed by atoms with Crippen LogP contribution in [0.25, 0.3) is 0 Å². The van der Waals surface area contributed by atoms with Crippen LogP contribution in [0.1, 0.15) is 44.2 Å². The maximum absolute atomic E-state index is 13.1. The molecule has 0 saturated carbocycles. The van der Waals surface area contributed by atoms with Gasteiger partial charge in [0.25, 0.3) is 0 Å². The van der Waals surface area contributed by atoms with Crippen LogP contribution in [0.2, 0.25) is 0 Å². The number of urea groups is 1. The molecule has 2 unspecified atom stereocenters. The van der Waals surface area contributed by atoms with Crippen LogP contribution in [0.3, 0.4) is 0 Å². The first-order valence-electron chi connectivity index (χ1n) is 11.0. The zero-order chi connectivity index (χ0) is 23.5. The van der Waals surface area contributed by atoms with E-state index in [9.17, 15) is 22.8 Å². The lowest BCUT2D eigenvalue weighted by Gasteiger charge is -2.41. The topological polar surface area (TPSA) is 61.9 Å². The van der Waals surface area contributed by atoms with E-state index in [0.29, 0.717) is 52.4 Å². The summed E-state index contributed by atoms with van der Waals surface area (Å²) in [5, 5.41) is 2.97.